The molecular formula is C61H77N13O7. The van der Waals surface area contributed by atoms with Crippen molar-refractivity contribution in [1.29, 1.82) is 0 Å². The molecule has 0 radical (unpaired) electrons. The molecule has 9 heterocycles. The first-order valence-electron chi connectivity index (χ1n) is 29.3. The van der Waals surface area contributed by atoms with Crippen LogP contribution in [-0.4, -0.2) is 157 Å². The summed E-state index contributed by atoms with van der Waals surface area (Å²) < 4.78 is 20.9. The largest absolute Gasteiger partial charge is 0.507 e. The Labute approximate surface area is 473 Å². The monoisotopic (exact) mass is 1100 g/mol. The van der Waals surface area contributed by atoms with Crippen molar-refractivity contribution in [2.75, 3.05) is 72.8 Å². The number of carbonyl (C=O) groups is 2. The summed E-state index contributed by atoms with van der Waals surface area (Å²) in [6, 6.07) is 24.7. The van der Waals surface area contributed by atoms with Gasteiger partial charge in [-0.3, -0.25) is 14.3 Å². The van der Waals surface area contributed by atoms with Gasteiger partial charge in [0.1, 0.15) is 23.8 Å². The Hall–Kier alpha value is -7.29. The normalized spacial score (nSPS) is 24.4. The molecule has 81 heavy (non-hydrogen) atoms. The second-order valence-electron chi connectivity index (χ2n) is 23.9. The number of ether oxygens (including phenoxy) is 2. The van der Waals surface area contributed by atoms with Crippen molar-refractivity contribution >= 4 is 34.8 Å². The number of hydrogen-bond acceptors (Lipinski definition) is 17. The van der Waals surface area contributed by atoms with Crippen molar-refractivity contribution in [1.82, 2.24) is 45.2 Å². The summed E-state index contributed by atoms with van der Waals surface area (Å²) in [4.78, 5) is 44.1. The van der Waals surface area contributed by atoms with E-state index in [1.807, 2.05) is 93.3 Å². The first kappa shape index (κ1) is 54.3. The van der Waals surface area contributed by atoms with Crippen LogP contribution < -0.4 is 30.5 Å². The maximum Gasteiger partial charge on any atom is 0.243 e. The summed E-state index contributed by atoms with van der Waals surface area (Å²) >= 11 is 0. The van der Waals surface area contributed by atoms with Crippen LogP contribution in [0, 0.1) is 11.8 Å². The number of nitrogens with zero attached hydrogens (tertiary/aromatic N) is 11. The molecule has 1 aliphatic carbocycles. The van der Waals surface area contributed by atoms with Crippen LogP contribution >= 0.6 is 0 Å². The molecule has 12 rings (SSSR count). The van der Waals surface area contributed by atoms with Gasteiger partial charge in [0.05, 0.1) is 41.4 Å². The second-order valence-corrected chi connectivity index (χ2v) is 23.9. The fourth-order valence-corrected chi connectivity index (χ4v) is 13.5. The predicted molar refractivity (Wildman–Crippen MR) is 308 cm³/mol. The predicted octanol–water partition coefficient (Wildman–Crippen LogP) is 6.96. The molecule has 1 saturated carbocycles. The van der Waals surface area contributed by atoms with Crippen LogP contribution in [-0.2, 0) is 21.4 Å². The zero-order valence-corrected chi connectivity index (χ0v) is 47.0. The number of aromatic nitrogens is 6. The molecule has 2 amide bonds. The number of para-hydroxylation sites is 1. The molecule has 0 spiro atoms. The van der Waals surface area contributed by atoms with Crippen molar-refractivity contribution < 1.29 is 33.8 Å². The maximum atomic E-state index is 14.4. The zero-order chi connectivity index (χ0) is 55.9. The smallest absolute Gasteiger partial charge is 0.243 e. The fraction of sp³-hybridized carbons (Fsp3) is 0.525. The first-order chi connectivity index (χ1) is 39.3. The summed E-state index contributed by atoms with van der Waals surface area (Å²) in [5, 5.41) is 41.7. The third-order valence-corrected chi connectivity index (χ3v) is 18.0. The Morgan fingerprint density at radius 2 is 1.57 bits per heavy atom. The first-order valence-corrected chi connectivity index (χ1v) is 29.3. The minimum Gasteiger partial charge on any atom is -0.507 e. The van der Waals surface area contributed by atoms with Gasteiger partial charge in [0.2, 0.25) is 17.7 Å². The average molecular weight is 1100 g/mol. The fourth-order valence-electron chi connectivity index (χ4n) is 13.5. The maximum absolute atomic E-state index is 14.4. The number of fused-ring (bicyclic) bond motifs is 2. The van der Waals surface area contributed by atoms with Crippen LogP contribution in [0.1, 0.15) is 102 Å². The number of carbonyl (C=O) groups excluding carboxylic acids is 2. The molecule has 20 heteroatoms. The topological polar surface area (TPSA) is 230 Å². The molecule has 5 N–H and O–H groups in total. The van der Waals surface area contributed by atoms with Gasteiger partial charge in [-0.15, -0.1) is 10.2 Å². The van der Waals surface area contributed by atoms with Gasteiger partial charge in [-0.25, -0.2) is 4.98 Å². The van der Waals surface area contributed by atoms with E-state index in [-0.39, 0.29) is 60.8 Å². The Morgan fingerprint density at radius 3 is 2.28 bits per heavy atom. The lowest BCUT2D eigenvalue weighted by Crippen LogP contribution is -2.54. The zero-order valence-electron chi connectivity index (χ0n) is 47.0. The van der Waals surface area contributed by atoms with Crippen LogP contribution in [0.4, 0.5) is 23.0 Å². The molecule has 2 unspecified atom stereocenters. The lowest BCUT2D eigenvalue weighted by Gasteiger charge is -2.43. The van der Waals surface area contributed by atoms with E-state index < -0.39 is 18.1 Å². The molecule has 6 aromatic rings. The number of piperidine rings is 2. The Kier molecular flexibility index (Phi) is 15.6. The van der Waals surface area contributed by atoms with E-state index in [2.05, 4.69) is 62.5 Å². The van der Waals surface area contributed by atoms with E-state index in [4.69, 9.17) is 19.7 Å². The number of aliphatic hydroxyl groups is 1. The number of rotatable bonds is 17. The van der Waals surface area contributed by atoms with E-state index in [1.165, 1.54) is 4.90 Å². The number of likely N-dealkylation sites (tertiary alicyclic amines) is 2. The van der Waals surface area contributed by atoms with Gasteiger partial charge < -0.3 is 59.8 Å². The average Bonchev–Trinajstić information content (AvgIpc) is 4.30. The van der Waals surface area contributed by atoms with Crippen LogP contribution in [0.2, 0.25) is 0 Å². The number of aryl methyl sites for hydroxylation is 1. The molecule has 5 aliphatic heterocycles. The van der Waals surface area contributed by atoms with E-state index in [0.717, 1.165) is 131 Å². The highest BCUT2D eigenvalue weighted by Gasteiger charge is 2.45. The van der Waals surface area contributed by atoms with E-state index in [1.54, 1.807) is 18.3 Å². The van der Waals surface area contributed by atoms with E-state index in [9.17, 15) is 19.8 Å². The number of aliphatic hydroxyl groups excluding tert-OH is 1. The van der Waals surface area contributed by atoms with Crippen molar-refractivity contribution in [3.05, 3.63) is 103 Å². The summed E-state index contributed by atoms with van der Waals surface area (Å²) in [5.41, 5.74) is 12.6. The van der Waals surface area contributed by atoms with Crippen LogP contribution in [0.15, 0.2) is 95.8 Å². The number of nitrogen functional groups attached to an aromatic ring is 1. The minimum atomic E-state index is -0.806. The Morgan fingerprint density at radius 1 is 0.815 bits per heavy atom. The van der Waals surface area contributed by atoms with E-state index >= 15 is 0 Å². The highest BCUT2D eigenvalue weighted by molar-refractivity contribution is 5.91. The number of β-amino-alcohol motifs (C(OH)–C–C–N with tert-alkyl or cyclic N) is 1. The second kappa shape index (κ2) is 23.3. The molecule has 6 atom stereocenters. The Bertz CT molecular complexity index is 3130. The third-order valence-electron chi connectivity index (χ3n) is 18.0. The summed E-state index contributed by atoms with van der Waals surface area (Å²) in [5.74, 6) is 1.70. The quantitative estimate of drug-likeness (QED) is 0.0723. The molecule has 2 bridgehead atoms. The number of phenolic OH excluding ortho intramolecular Hbond substituents is 1. The lowest BCUT2D eigenvalue weighted by molar-refractivity contribution is -0.141. The number of benzene rings is 2. The molecule has 5 saturated heterocycles. The van der Waals surface area contributed by atoms with Crippen LogP contribution in [0.25, 0.3) is 22.5 Å². The van der Waals surface area contributed by atoms with Gasteiger partial charge in [0.15, 0.2) is 17.4 Å². The number of anilines is 4. The van der Waals surface area contributed by atoms with Gasteiger partial charge in [0.25, 0.3) is 0 Å². The highest BCUT2D eigenvalue weighted by Crippen LogP contribution is 2.41. The molecule has 4 aromatic heterocycles. The summed E-state index contributed by atoms with van der Waals surface area (Å²) in [6.07, 6.45) is 11.6. The summed E-state index contributed by atoms with van der Waals surface area (Å²) in [6.45, 7) is 12.4. The molecular weight excluding hydrogens is 1030 g/mol. The van der Waals surface area contributed by atoms with E-state index in [0.29, 0.717) is 46.7 Å². The number of nitrogens with one attached hydrogen (secondary N) is 1. The third kappa shape index (κ3) is 11.6. The van der Waals surface area contributed by atoms with Gasteiger partial charge in [-0.1, -0.05) is 55.4 Å². The SMILES string of the molecule is CC(C)[C@H](C(=O)N1C[C@H](O)C[C@H]1C(=O)N[C@@H](C)c1ccc(-c2ccnn2C)cc1)c1cc(N2CCC(CN3CCC(OC4CC(Oc5cc(N6C7CCC6CN(c6cc(-c8ccccc8O)nnc6N)C7)ccn5)C4)CC3)CC2)no1. The molecule has 6 fully saturated rings. The van der Waals surface area contributed by atoms with Crippen molar-refractivity contribution in [3.63, 3.8) is 0 Å². The minimum absolute atomic E-state index is 0.0810. The van der Waals surface area contributed by atoms with Crippen LogP contribution in [0.5, 0.6) is 11.6 Å². The standard InChI is InChI=1S/C61H77N13O7/c1-37(2)58(61(78)73-36-45(75)28-53(73)60(77)65-38(3)40-9-11-41(12-10-40)51-16-22-64-69(51)4)55-32-56(68-81-55)71-25-17-39(18-26-71)33-70-23-19-46(20-24-70)79-47-29-48(30-47)80-57-27-42(15-21-63-57)74-43-13-14-44(74)35-72(34-43)52-31-50(66-67-59(52)62)49-7-5-6-8-54(49)76/h5-12,15-16,21-22,27,31-32,37-39,43-48,53,58,75-76H,13-14,17-20,23-26,28-30,33-36H2,1-4H3,(H2,62,67)(H,65,77)/t38-,43?,44?,45+,47?,48?,53-,58-/m0/s1. The molecule has 428 valence electrons. The number of piperazine rings is 1. The number of phenols is 1. The molecule has 2 aromatic carbocycles. The molecule has 6 aliphatic rings. The van der Waals surface area contributed by atoms with Gasteiger partial charge >= 0.3 is 0 Å². The van der Waals surface area contributed by atoms with Gasteiger partial charge in [-0.2, -0.15) is 5.10 Å². The molecule has 20 nitrogen and oxygen atoms in total. The van der Waals surface area contributed by atoms with Crippen LogP contribution in [0.3, 0.4) is 0 Å². The van der Waals surface area contributed by atoms with Gasteiger partial charge in [0, 0.05) is 127 Å². The highest BCUT2D eigenvalue weighted by atomic mass is 16.5. The lowest BCUT2D eigenvalue weighted by atomic mass is 9.91. The number of nitrogens with two attached hydrogens (primary N) is 1. The van der Waals surface area contributed by atoms with Crippen molar-refractivity contribution in [2.24, 2.45) is 18.9 Å². The number of aromatic hydroxyl groups is 1. The van der Waals surface area contributed by atoms with Crippen molar-refractivity contribution in [2.45, 2.75) is 133 Å². The van der Waals surface area contributed by atoms with Gasteiger partial charge in [-0.05, 0) is 98.7 Å². The Balaban J connectivity index is 0.564. The number of pyridine rings is 1. The number of hydrogen-bond donors (Lipinski definition) is 4. The van der Waals surface area contributed by atoms with Crippen molar-refractivity contribution in [3.8, 4) is 34.1 Å². The summed E-state index contributed by atoms with van der Waals surface area (Å²) in [7, 11) is 1.90. The number of amides is 2.